The maximum Gasteiger partial charge on any atom is 0.331 e. The number of aromatic hydroxyl groups is 4. The molecule has 0 unspecified atom stereocenters. The van der Waals surface area contributed by atoms with Gasteiger partial charge in [0.05, 0.1) is 21.2 Å². The number of fused-ring (bicyclic) bond motifs is 1. The summed E-state index contributed by atoms with van der Waals surface area (Å²) >= 11 is 0. The van der Waals surface area contributed by atoms with Crippen molar-refractivity contribution < 1.29 is 30.0 Å². The van der Waals surface area contributed by atoms with Crippen LogP contribution >= 0.6 is 0 Å². The molecular formula is C31H26O10. The minimum atomic E-state index is -1.14. The Morgan fingerprint density at radius 2 is 1.37 bits per heavy atom. The third-order valence-corrected chi connectivity index (χ3v) is 6.50. The maximum atomic E-state index is 13.3. The third kappa shape index (κ3) is 5.19. The molecule has 0 aliphatic heterocycles. The molecule has 0 heterocycles. The van der Waals surface area contributed by atoms with E-state index in [1.807, 2.05) is 0 Å². The van der Waals surface area contributed by atoms with E-state index < -0.39 is 83.7 Å². The normalized spacial score (nSPS) is 11.8. The zero-order valence-electron chi connectivity index (χ0n) is 22.6. The van der Waals surface area contributed by atoms with E-state index in [0.29, 0.717) is 5.57 Å². The second kappa shape index (κ2) is 10.7. The van der Waals surface area contributed by atoms with Crippen molar-refractivity contribution in [2.75, 3.05) is 0 Å². The summed E-state index contributed by atoms with van der Waals surface area (Å²) in [4.78, 5) is 63.1. The van der Waals surface area contributed by atoms with Crippen molar-refractivity contribution >= 4 is 16.7 Å². The molecule has 0 aromatic heterocycles. The summed E-state index contributed by atoms with van der Waals surface area (Å²) in [5, 5.41) is 42.0. The fourth-order valence-electron chi connectivity index (χ4n) is 4.66. The Bertz CT molecular complexity index is 2070. The summed E-state index contributed by atoms with van der Waals surface area (Å²) in [5.74, 6) is -3.48. The lowest BCUT2D eigenvalue weighted by molar-refractivity contribution is -0.143. The smallest absolute Gasteiger partial charge is 0.331 e. The molecule has 0 radical (unpaired) electrons. The molecule has 10 heteroatoms. The van der Waals surface area contributed by atoms with Crippen LogP contribution in [0.3, 0.4) is 0 Å². The minimum Gasteiger partial charge on any atom is -0.507 e. The second-order valence-corrected chi connectivity index (χ2v) is 10.1. The Labute approximate surface area is 231 Å². The van der Waals surface area contributed by atoms with Crippen molar-refractivity contribution in [3.8, 4) is 34.1 Å². The molecule has 0 fully saturated rings. The van der Waals surface area contributed by atoms with Gasteiger partial charge in [0.1, 0.15) is 29.1 Å². The lowest BCUT2D eigenvalue weighted by atomic mass is 9.93. The third-order valence-electron chi connectivity index (χ3n) is 6.50. The quantitative estimate of drug-likeness (QED) is 0.119. The molecule has 0 saturated carbocycles. The van der Waals surface area contributed by atoms with Crippen molar-refractivity contribution in [2.24, 2.45) is 0 Å². The topological polar surface area (TPSA) is 175 Å². The summed E-state index contributed by atoms with van der Waals surface area (Å²) in [7, 11) is 0. The molecule has 41 heavy (non-hydrogen) atoms. The van der Waals surface area contributed by atoms with Gasteiger partial charge in [0.25, 0.3) is 0 Å². The average Bonchev–Trinajstić information content (AvgIpc) is 2.88. The molecular weight excluding hydrogens is 532 g/mol. The second-order valence-electron chi connectivity index (χ2n) is 10.1. The lowest BCUT2D eigenvalue weighted by Crippen LogP contribution is -2.28. The van der Waals surface area contributed by atoms with Crippen LogP contribution in [-0.4, -0.2) is 26.4 Å². The number of allylic oxidation sites excluding steroid dienone is 2. The van der Waals surface area contributed by atoms with Crippen LogP contribution in [0.5, 0.6) is 23.0 Å². The Morgan fingerprint density at radius 3 is 1.98 bits per heavy atom. The zero-order valence-corrected chi connectivity index (χ0v) is 22.6. The first-order valence-corrected chi connectivity index (χ1v) is 12.5. The molecule has 0 spiro atoms. The summed E-state index contributed by atoms with van der Waals surface area (Å²) in [6.45, 7) is 6.98. The molecule has 0 saturated heterocycles. The Morgan fingerprint density at radius 1 is 0.756 bits per heavy atom. The monoisotopic (exact) mass is 558 g/mol. The molecule has 10 nitrogen and oxygen atoms in total. The van der Waals surface area contributed by atoms with Gasteiger partial charge >= 0.3 is 5.97 Å². The molecule has 0 amide bonds. The fraction of sp³-hybridized carbons (Fsp3) is 0.194. The van der Waals surface area contributed by atoms with Gasteiger partial charge in [-0.05, 0) is 58.0 Å². The Kier molecular flexibility index (Phi) is 7.52. The van der Waals surface area contributed by atoms with Crippen molar-refractivity contribution in [3.63, 3.8) is 0 Å². The molecule has 210 valence electrons. The van der Waals surface area contributed by atoms with Crippen molar-refractivity contribution in [3.05, 3.63) is 111 Å². The van der Waals surface area contributed by atoms with Crippen LogP contribution in [0.25, 0.3) is 21.9 Å². The van der Waals surface area contributed by atoms with E-state index in [0.717, 1.165) is 35.9 Å². The summed E-state index contributed by atoms with van der Waals surface area (Å²) in [6, 6.07) is 4.46. The number of hydrogen-bond acceptors (Lipinski definition) is 10. The average molecular weight is 559 g/mol. The molecule has 4 N–H and O–H groups in total. The molecule has 2 aromatic rings. The molecule has 2 aliphatic rings. The zero-order chi connectivity index (χ0) is 30.3. The van der Waals surface area contributed by atoms with Gasteiger partial charge in [-0.3, -0.25) is 19.2 Å². The highest BCUT2D eigenvalue weighted by Gasteiger charge is 2.27. The van der Waals surface area contributed by atoms with E-state index >= 15 is 0 Å². The first-order chi connectivity index (χ1) is 19.2. The number of ether oxygens (including phenoxy) is 1. The number of esters is 1. The number of benzene rings is 2. The van der Waals surface area contributed by atoms with Crippen LogP contribution in [0.2, 0.25) is 0 Å². The van der Waals surface area contributed by atoms with Gasteiger partial charge in [-0.2, -0.15) is 0 Å². The standard InChI is InChI=1S/C31H26O10/c1-13(2)5-8-23(41-24(37)9-14(3)4)17-12-22(36)26-21(35)11-16(30(39)28(26)31(17)40)15-10-20(34)25-18(32)6-7-19(33)27(25)29(15)38/h5-7,9-12,23,35-36,39-40H,8H2,1-4H3/t23-/m1/s1. The number of carbonyl (C=O) groups is 1. The fourth-order valence-corrected chi connectivity index (χ4v) is 4.66. The molecule has 2 aromatic carbocycles. The molecule has 1 atom stereocenters. The lowest BCUT2D eigenvalue weighted by Gasteiger charge is -2.21. The highest BCUT2D eigenvalue weighted by Crippen LogP contribution is 2.50. The Balaban J connectivity index is 2.07. The van der Waals surface area contributed by atoms with Gasteiger partial charge in [-0.15, -0.1) is 0 Å². The Hall–Kier alpha value is -5.25. The SMILES string of the molecule is CC(C)=CC[C@@H](OC(=O)C=C(C)C)c1cc(O)c2c(O)cc(-c3cc(=O)c4c(=O)ccc(=O)c=4c3=O)c(O)c2c1O. The summed E-state index contributed by atoms with van der Waals surface area (Å²) in [5.41, 5.74) is -3.25. The van der Waals surface area contributed by atoms with Gasteiger partial charge in [0, 0.05) is 29.2 Å². The van der Waals surface area contributed by atoms with Crippen LogP contribution < -0.4 is 21.7 Å². The first-order valence-electron chi connectivity index (χ1n) is 12.5. The van der Waals surface area contributed by atoms with Crippen molar-refractivity contribution in [1.82, 2.24) is 0 Å². The highest BCUT2D eigenvalue weighted by molar-refractivity contribution is 6.06. The van der Waals surface area contributed by atoms with E-state index in [2.05, 4.69) is 0 Å². The predicted octanol–water partition coefficient (Wildman–Crippen LogP) is 3.28. The van der Waals surface area contributed by atoms with Crippen LogP contribution in [0.4, 0.5) is 0 Å². The largest absolute Gasteiger partial charge is 0.507 e. The van der Waals surface area contributed by atoms with Gasteiger partial charge in [0.15, 0.2) is 21.7 Å². The number of carbonyl (C=O) groups excluding carboxylic acids is 1. The van der Waals surface area contributed by atoms with E-state index in [-0.39, 0.29) is 17.4 Å². The van der Waals surface area contributed by atoms with Gasteiger partial charge in [-0.25, -0.2) is 4.79 Å². The van der Waals surface area contributed by atoms with Gasteiger partial charge < -0.3 is 25.2 Å². The van der Waals surface area contributed by atoms with Crippen LogP contribution in [0.1, 0.15) is 45.8 Å². The van der Waals surface area contributed by atoms with E-state index in [1.54, 1.807) is 33.8 Å². The predicted molar refractivity (Wildman–Crippen MR) is 151 cm³/mol. The van der Waals surface area contributed by atoms with Gasteiger partial charge in [0.2, 0.25) is 0 Å². The molecule has 2 aliphatic carbocycles. The number of phenolic OH excluding ortho intramolecular Hbond substituents is 4. The highest BCUT2D eigenvalue weighted by atomic mass is 16.5. The summed E-state index contributed by atoms with van der Waals surface area (Å²) < 4.78 is 5.54. The van der Waals surface area contributed by atoms with Gasteiger partial charge in [-0.1, -0.05) is 17.2 Å². The summed E-state index contributed by atoms with van der Waals surface area (Å²) in [6.07, 6.45) is 1.90. The minimum absolute atomic E-state index is 0.0777. The number of rotatable bonds is 6. The van der Waals surface area contributed by atoms with Crippen molar-refractivity contribution in [1.29, 1.82) is 0 Å². The van der Waals surface area contributed by atoms with Crippen molar-refractivity contribution in [2.45, 2.75) is 40.2 Å². The van der Waals surface area contributed by atoms with Crippen LogP contribution in [0.15, 0.2) is 72.8 Å². The maximum absolute atomic E-state index is 13.3. The van der Waals surface area contributed by atoms with Crippen LogP contribution in [0, 0.1) is 10.4 Å². The molecule has 0 bridgehead atoms. The molecule has 4 rings (SSSR count). The van der Waals surface area contributed by atoms with E-state index in [1.165, 1.54) is 6.08 Å². The first kappa shape index (κ1) is 28.8. The number of hydrogen-bond donors (Lipinski definition) is 4. The number of phenols is 4. The van der Waals surface area contributed by atoms with Crippen LogP contribution in [-0.2, 0) is 9.53 Å². The van der Waals surface area contributed by atoms with E-state index in [9.17, 15) is 44.4 Å². The van der Waals surface area contributed by atoms with E-state index in [4.69, 9.17) is 4.74 Å².